The second kappa shape index (κ2) is 7.38. The highest BCUT2D eigenvalue weighted by Crippen LogP contribution is 2.41. The van der Waals surface area contributed by atoms with Crippen LogP contribution in [0, 0.1) is 5.82 Å². The van der Waals surface area contributed by atoms with E-state index in [1.807, 2.05) is 19.1 Å². The number of halogens is 1. The van der Waals surface area contributed by atoms with Gasteiger partial charge in [-0.05, 0) is 50.1 Å². The number of hydrogen-bond acceptors (Lipinski definition) is 4. The van der Waals surface area contributed by atoms with Crippen molar-refractivity contribution in [3.8, 4) is 0 Å². The predicted octanol–water partition coefficient (Wildman–Crippen LogP) is 3.83. The van der Waals surface area contributed by atoms with Gasteiger partial charge in [-0.3, -0.25) is 14.6 Å². The van der Waals surface area contributed by atoms with E-state index >= 15 is 0 Å². The van der Waals surface area contributed by atoms with Gasteiger partial charge in [0, 0.05) is 40.8 Å². The SMILES string of the molecule is CC1=C(C(=O)Nc2cccc(F)c2)C(c2ccccn2)C2=C(CCCC2=O)N1. The molecule has 2 heterocycles. The summed E-state index contributed by atoms with van der Waals surface area (Å²) in [5.74, 6) is -1.32. The average molecular weight is 377 g/mol. The molecule has 1 aliphatic carbocycles. The number of pyridine rings is 1. The zero-order chi connectivity index (χ0) is 19.7. The lowest BCUT2D eigenvalue weighted by Crippen LogP contribution is -2.35. The summed E-state index contributed by atoms with van der Waals surface area (Å²) < 4.78 is 13.5. The Morgan fingerprint density at radius 1 is 1.21 bits per heavy atom. The number of nitrogens with zero attached hydrogens (tertiary/aromatic N) is 1. The molecule has 1 amide bonds. The average Bonchev–Trinajstić information content (AvgIpc) is 2.67. The van der Waals surface area contributed by atoms with Crippen molar-refractivity contribution in [3.63, 3.8) is 0 Å². The molecule has 0 saturated heterocycles. The van der Waals surface area contributed by atoms with E-state index in [2.05, 4.69) is 15.6 Å². The Morgan fingerprint density at radius 3 is 2.82 bits per heavy atom. The Balaban J connectivity index is 1.77. The van der Waals surface area contributed by atoms with Gasteiger partial charge in [0.05, 0.1) is 11.6 Å². The van der Waals surface area contributed by atoms with Crippen LogP contribution in [0.25, 0.3) is 0 Å². The van der Waals surface area contributed by atoms with Crippen molar-refractivity contribution in [1.82, 2.24) is 10.3 Å². The molecule has 2 aliphatic rings. The highest BCUT2D eigenvalue weighted by molar-refractivity contribution is 6.09. The topological polar surface area (TPSA) is 71.1 Å². The van der Waals surface area contributed by atoms with Crippen molar-refractivity contribution in [2.75, 3.05) is 5.32 Å². The number of rotatable bonds is 3. The molecule has 6 heteroatoms. The summed E-state index contributed by atoms with van der Waals surface area (Å²) >= 11 is 0. The van der Waals surface area contributed by atoms with Gasteiger partial charge in [-0.25, -0.2) is 4.39 Å². The first-order valence-corrected chi connectivity index (χ1v) is 9.26. The van der Waals surface area contributed by atoms with Gasteiger partial charge in [-0.2, -0.15) is 0 Å². The molecule has 1 atom stereocenters. The van der Waals surface area contributed by atoms with E-state index in [0.29, 0.717) is 34.6 Å². The van der Waals surface area contributed by atoms with Crippen molar-refractivity contribution in [2.45, 2.75) is 32.1 Å². The van der Waals surface area contributed by atoms with E-state index in [-0.39, 0.29) is 11.7 Å². The molecule has 0 saturated carbocycles. The van der Waals surface area contributed by atoms with Gasteiger partial charge in [0.25, 0.3) is 5.91 Å². The lowest BCUT2D eigenvalue weighted by molar-refractivity contribution is -0.116. The summed E-state index contributed by atoms with van der Waals surface area (Å²) in [6, 6.07) is 11.2. The van der Waals surface area contributed by atoms with Crippen LogP contribution in [-0.2, 0) is 9.59 Å². The van der Waals surface area contributed by atoms with Crippen molar-refractivity contribution in [2.24, 2.45) is 0 Å². The van der Waals surface area contributed by atoms with Crippen LogP contribution in [0.15, 0.2) is 71.2 Å². The van der Waals surface area contributed by atoms with Gasteiger partial charge in [-0.1, -0.05) is 12.1 Å². The smallest absolute Gasteiger partial charge is 0.254 e. The first kappa shape index (κ1) is 18.1. The van der Waals surface area contributed by atoms with Crippen LogP contribution in [0.5, 0.6) is 0 Å². The molecule has 28 heavy (non-hydrogen) atoms. The summed E-state index contributed by atoms with van der Waals surface area (Å²) in [6.07, 6.45) is 3.67. The largest absolute Gasteiger partial charge is 0.362 e. The van der Waals surface area contributed by atoms with Crippen molar-refractivity contribution < 1.29 is 14.0 Å². The molecule has 0 fully saturated rings. The van der Waals surface area contributed by atoms with Crippen LogP contribution in [0.4, 0.5) is 10.1 Å². The highest BCUT2D eigenvalue weighted by Gasteiger charge is 2.39. The Kier molecular flexibility index (Phi) is 4.77. The van der Waals surface area contributed by atoms with Crippen LogP contribution in [0.3, 0.4) is 0 Å². The van der Waals surface area contributed by atoms with Gasteiger partial charge in [0.15, 0.2) is 5.78 Å². The molecular formula is C22H20FN3O2. The highest BCUT2D eigenvalue weighted by atomic mass is 19.1. The fourth-order valence-electron chi connectivity index (χ4n) is 3.89. The van der Waals surface area contributed by atoms with Gasteiger partial charge < -0.3 is 10.6 Å². The summed E-state index contributed by atoms with van der Waals surface area (Å²) in [5, 5.41) is 6.01. The maximum atomic E-state index is 13.5. The number of carbonyl (C=O) groups excluding carboxylic acids is 2. The zero-order valence-electron chi connectivity index (χ0n) is 15.5. The molecule has 1 aliphatic heterocycles. The number of nitrogens with one attached hydrogen (secondary N) is 2. The lowest BCUT2D eigenvalue weighted by atomic mass is 9.76. The first-order valence-electron chi connectivity index (χ1n) is 9.26. The van der Waals surface area contributed by atoms with Crippen LogP contribution < -0.4 is 10.6 Å². The molecule has 1 aromatic carbocycles. The number of benzene rings is 1. The maximum absolute atomic E-state index is 13.5. The summed E-state index contributed by atoms with van der Waals surface area (Å²) in [6.45, 7) is 1.82. The quantitative estimate of drug-likeness (QED) is 0.853. The lowest BCUT2D eigenvalue weighted by Gasteiger charge is -2.34. The number of aromatic nitrogens is 1. The number of amides is 1. The van der Waals surface area contributed by atoms with E-state index in [1.54, 1.807) is 18.3 Å². The number of allylic oxidation sites excluding steroid dienone is 3. The Morgan fingerprint density at radius 2 is 2.07 bits per heavy atom. The third-order valence-corrected chi connectivity index (χ3v) is 5.09. The van der Waals surface area contributed by atoms with E-state index < -0.39 is 11.7 Å². The molecule has 2 N–H and O–H groups in total. The second-order valence-electron chi connectivity index (χ2n) is 6.98. The number of anilines is 1. The minimum Gasteiger partial charge on any atom is -0.362 e. The standard InChI is InChI=1S/C22H20FN3O2/c1-13-19(22(28)26-15-7-4-6-14(23)12-15)21(16-8-2-3-11-24-16)20-17(25-13)9-5-10-18(20)27/h2-4,6-8,11-12,21,25H,5,9-10H2,1H3,(H,26,28). The van der Waals surface area contributed by atoms with Gasteiger partial charge in [-0.15, -0.1) is 0 Å². The van der Waals surface area contributed by atoms with Crippen LogP contribution in [0.1, 0.15) is 37.8 Å². The molecule has 142 valence electrons. The normalized spacial score (nSPS) is 19.2. The fraction of sp³-hybridized carbons (Fsp3) is 0.227. The van der Waals surface area contributed by atoms with Crippen LogP contribution >= 0.6 is 0 Å². The number of ketones is 1. The Bertz CT molecular complexity index is 1010. The predicted molar refractivity (Wildman–Crippen MR) is 104 cm³/mol. The third-order valence-electron chi connectivity index (χ3n) is 5.09. The van der Waals surface area contributed by atoms with E-state index in [0.717, 1.165) is 18.5 Å². The summed E-state index contributed by atoms with van der Waals surface area (Å²) in [4.78, 5) is 30.3. The second-order valence-corrected chi connectivity index (χ2v) is 6.98. The molecular weight excluding hydrogens is 357 g/mol. The number of dihydropyridines is 1. The number of hydrogen-bond donors (Lipinski definition) is 2. The van der Waals surface area contributed by atoms with Crippen LogP contribution in [-0.4, -0.2) is 16.7 Å². The molecule has 4 rings (SSSR count). The van der Waals surface area contributed by atoms with Gasteiger partial charge in [0.2, 0.25) is 0 Å². The van der Waals surface area contributed by atoms with E-state index in [1.165, 1.54) is 18.2 Å². The molecule has 5 nitrogen and oxygen atoms in total. The van der Waals surface area contributed by atoms with Crippen molar-refractivity contribution in [3.05, 3.63) is 82.7 Å². The third kappa shape index (κ3) is 3.33. The molecule has 1 unspecified atom stereocenters. The molecule has 0 radical (unpaired) electrons. The van der Waals surface area contributed by atoms with Crippen molar-refractivity contribution >= 4 is 17.4 Å². The molecule has 0 bridgehead atoms. The Hall–Kier alpha value is -3.28. The van der Waals surface area contributed by atoms with Crippen LogP contribution in [0.2, 0.25) is 0 Å². The van der Waals surface area contributed by atoms with E-state index in [9.17, 15) is 14.0 Å². The molecule has 0 spiro atoms. The molecule has 1 aromatic heterocycles. The minimum atomic E-state index is -0.543. The summed E-state index contributed by atoms with van der Waals surface area (Å²) in [7, 11) is 0. The van der Waals surface area contributed by atoms with Gasteiger partial charge >= 0.3 is 0 Å². The number of carbonyl (C=O) groups is 2. The fourth-order valence-corrected chi connectivity index (χ4v) is 3.89. The minimum absolute atomic E-state index is 0.0351. The van der Waals surface area contributed by atoms with Gasteiger partial charge in [0.1, 0.15) is 5.82 Å². The van der Waals surface area contributed by atoms with E-state index in [4.69, 9.17) is 0 Å². The first-order chi connectivity index (χ1) is 13.5. The van der Waals surface area contributed by atoms with Crippen molar-refractivity contribution in [1.29, 1.82) is 0 Å². The monoisotopic (exact) mass is 377 g/mol. The summed E-state index contributed by atoms with van der Waals surface area (Å²) in [5.41, 5.74) is 3.59. The Labute approximate surface area is 162 Å². The number of Topliss-reactive ketones (excluding diaryl/α,β-unsaturated/α-hetero) is 1. The zero-order valence-corrected chi connectivity index (χ0v) is 15.5. The molecule has 2 aromatic rings. The maximum Gasteiger partial charge on any atom is 0.254 e.